The zero-order chi connectivity index (χ0) is 15.6. The molecule has 0 unspecified atom stereocenters. The van der Waals surface area contributed by atoms with Crippen molar-refractivity contribution in [2.45, 2.75) is 12.6 Å². The van der Waals surface area contributed by atoms with Crippen molar-refractivity contribution >= 4 is 28.6 Å². The van der Waals surface area contributed by atoms with Gasteiger partial charge in [0.2, 0.25) is 0 Å². The van der Waals surface area contributed by atoms with Crippen LogP contribution in [-0.4, -0.2) is 59.6 Å². The number of likely N-dealkylation sites (tertiary alicyclic amines) is 1. The van der Waals surface area contributed by atoms with Gasteiger partial charge in [-0.05, 0) is 11.4 Å². The lowest BCUT2D eigenvalue weighted by molar-refractivity contribution is 0.0501. The molecule has 0 N–H and O–H groups in total. The fourth-order valence-corrected chi connectivity index (χ4v) is 4.67. The van der Waals surface area contributed by atoms with Gasteiger partial charge in [0.25, 0.3) is 5.91 Å². The number of carbonyl (C=O) groups excluding carboxylic acids is 1. The first-order valence-corrected chi connectivity index (χ1v) is 9.65. The van der Waals surface area contributed by atoms with Crippen LogP contribution < -0.4 is 0 Å². The Morgan fingerprint density at radius 1 is 1.39 bits per heavy atom. The predicted octanol–water partition coefficient (Wildman–Crippen LogP) is 2.18. The first kappa shape index (κ1) is 15.3. The van der Waals surface area contributed by atoms with Gasteiger partial charge in [-0.3, -0.25) is 9.69 Å². The van der Waals surface area contributed by atoms with E-state index in [9.17, 15) is 4.79 Å². The second-order valence-electron chi connectivity index (χ2n) is 6.07. The third-order valence-corrected chi connectivity index (χ3v) is 5.95. The molecule has 122 valence electrons. The minimum Gasteiger partial charge on any atom is -0.375 e. The summed E-state index contributed by atoms with van der Waals surface area (Å²) in [5.74, 6) is 0.423. The van der Waals surface area contributed by atoms with E-state index in [1.807, 2.05) is 10.3 Å². The molecule has 0 saturated carbocycles. The van der Waals surface area contributed by atoms with E-state index in [-0.39, 0.29) is 12.0 Å². The van der Waals surface area contributed by atoms with Gasteiger partial charge in [0, 0.05) is 48.9 Å². The Balaban J connectivity index is 1.41. The van der Waals surface area contributed by atoms with Crippen LogP contribution in [0.1, 0.15) is 15.4 Å². The van der Waals surface area contributed by atoms with Crippen molar-refractivity contribution in [1.29, 1.82) is 0 Å². The van der Waals surface area contributed by atoms with E-state index in [4.69, 9.17) is 4.74 Å². The summed E-state index contributed by atoms with van der Waals surface area (Å²) < 4.78 is 6.02. The van der Waals surface area contributed by atoms with Crippen LogP contribution in [0, 0.1) is 5.92 Å². The van der Waals surface area contributed by atoms with Crippen molar-refractivity contribution in [2.75, 3.05) is 32.8 Å². The quantitative estimate of drug-likeness (QED) is 0.852. The van der Waals surface area contributed by atoms with E-state index in [1.165, 1.54) is 16.2 Å². The second-order valence-corrected chi connectivity index (χ2v) is 7.82. The molecule has 4 rings (SSSR count). The van der Waals surface area contributed by atoms with Crippen molar-refractivity contribution < 1.29 is 9.53 Å². The fraction of sp³-hybridized carbons (Fsp3) is 0.500. The van der Waals surface area contributed by atoms with Gasteiger partial charge in [-0.25, -0.2) is 4.98 Å². The van der Waals surface area contributed by atoms with Crippen LogP contribution in [0.25, 0.3) is 0 Å². The number of hydrogen-bond acceptors (Lipinski definition) is 6. The van der Waals surface area contributed by atoms with Crippen molar-refractivity contribution in [2.24, 2.45) is 5.92 Å². The van der Waals surface area contributed by atoms with Crippen LogP contribution in [0.4, 0.5) is 0 Å². The Hall–Kier alpha value is -1.28. The van der Waals surface area contributed by atoms with Crippen molar-refractivity contribution in [1.82, 2.24) is 14.8 Å². The molecule has 23 heavy (non-hydrogen) atoms. The highest BCUT2D eigenvalue weighted by Crippen LogP contribution is 2.26. The Bertz CT molecular complexity index is 644. The van der Waals surface area contributed by atoms with Crippen molar-refractivity contribution in [3.8, 4) is 0 Å². The zero-order valence-electron chi connectivity index (χ0n) is 12.8. The normalized spacial score (nSPS) is 25.3. The van der Waals surface area contributed by atoms with Gasteiger partial charge in [-0.1, -0.05) is 6.07 Å². The van der Waals surface area contributed by atoms with Gasteiger partial charge in [0.15, 0.2) is 0 Å². The maximum atomic E-state index is 12.5. The van der Waals surface area contributed by atoms with E-state index in [1.54, 1.807) is 16.8 Å². The molecule has 2 fully saturated rings. The smallest absolute Gasteiger partial charge is 0.273 e. The summed E-state index contributed by atoms with van der Waals surface area (Å²) in [5, 5.41) is 3.94. The van der Waals surface area contributed by atoms with Gasteiger partial charge in [-0.15, -0.1) is 22.7 Å². The molecular formula is C16H19N3O2S2. The summed E-state index contributed by atoms with van der Waals surface area (Å²) in [6, 6.07) is 4.27. The largest absolute Gasteiger partial charge is 0.375 e. The van der Waals surface area contributed by atoms with E-state index in [0.717, 1.165) is 26.2 Å². The van der Waals surface area contributed by atoms with Crippen molar-refractivity contribution in [3.63, 3.8) is 0 Å². The molecule has 1 amide bonds. The molecule has 0 bridgehead atoms. The van der Waals surface area contributed by atoms with E-state index >= 15 is 0 Å². The summed E-state index contributed by atoms with van der Waals surface area (Å²) in [6.07, 6.45) is 0.239. The Morgan fingerprint density at radius 2 is 2.35 bits per heavy atom. The van der Waals surface area contributed by atoms with Crippen LogP contribution in [0.3, 0.4) is 0 Å². The number of aromatic nitrogens is 1. The molecular weight excluding hydrogens is 330 g/mol. The van der Waals surface area contributed by atoms with Crippen LogP contribution in [0.2, 0.25) is 0 Å². The molecule has 5 nitrogen and oxygen atoms in total. The van der Waals surface area contributed by atoms with Crippen LogP contribution >= 0.6 is 22.7 Å². The lowest BCUT2D eigenvalue weighted by atomic mass is 10.1. The zero-order valence-corrected chi connectivity index (χ0v) is 14.4. The number of thiazole rings is 1. The SMILES string of the molecule is O=C(c1cscn1)N1CCO[C@H]2CN(Cc3cccs3)C[C@H]2C1. The maximum absolute atomic E-state index is 12.5. The molecule has 4 heterocycles. The molecule has 2 atom stereocenters. The Labute approximate surface area is 143 Å². The number of amides is 1. The topological polar surface area (TPSA) is 45.7 Å². The Morgan fingerprint density at radius 3 is 3.13 bits per heavy atom. The summed E-state index contributed by atoms with van der Waals surface area (Å²) in [6.45, 7) is 4.97. The minimum absolute atomic E-state index is 0.0345. The molecule has 7 heteroatoms. The van der Waals surface area contributed by atoms with Crippen LogP contribution in [0.5, 0.6) is 0 Å². The number of rotatable bonds is 3. The molecule has 0 radical (unpaired) electrons. The molecule has 0 spiro atoms. The fourth-order valence-electron chi connectivity index (χ4n) is 3.40. The molecule has 2 saturated heterocycles. The summed E-state index contributed by atoms with van der Waals surface area (Å²) >= 11 is 3.26. The minimum atomic E-state index is 0.0345. The molecule has 0 aliphatic carbocycles. The number of thiophene rings is 1. The van der Waals surface area contributed by atoms with Crippen molar-refractivity contribution in [3.05, 3.63) is 39.0 Å². The van der Waals surface area contributed by atoms with Crippen LogP contribution in [-0.2, 0) is 11.3 Å². The number of fused-ring (bicyclic) bond motifs is 1. The third-order valence-electron chi connectivity index (χ3n) is 4.50. The number of hydrogen-bond donors (Lipinski definition) is 0. The average molecular weight is 349 g/mol. The molecule has 2 aromatic heterocycles. The standard InChI is InChI=1S/C16H19N3O2S2/c20-16(14-10-22-11-17-14)19-3-4-21-15-9-18(6-12(15)7-19)8-13-2-1-5-23-13/h1-2,5,10-12,15H,3-4,6-9H2/t12-,15-/m0/s1. The first-order chi connectivity index (χ1) is 11.3. The highest BCUT2D eigenvalue weighted by molar-refractivity contribution is 7.09. The van der Waals surface area contributed by atoms with Gasteiger partial charge in [0.1, 0.15) is 5.69 Å². The van der Waals surface area contributed by atoms with Gasteiger partial charge in [0.05, 0.1) is 18.2 Å². The maximum Gasteiger partial charge on any atom is 0.273 e. The van der Waals surface area contributed by atoms with Gasteiger partial charge >= 0.3 is 0 Å². The number of carbonyl (C=O) groups is 1. The van der Waals surface area contributed by atoms with E-state index < -0.39 is 0 Å². The second kappa shape index (κ2) is 6.68. The van der Waals surface area contributed by atoms with Gasteiger partial charge in [-0.2, -0.15) is 0 Å². The highest BCUT2D eigenvalue weighted by atomic mass is 32.1. The summed E-state index contributed by atoms with van der Waals surface area (Å²) in [7, 11) is 0. The van der Waals surface area contributed by atoms with Crippen LogP contribution in [0.15, 0.2) is 28.4 Å². The molecule has 2 aromatic rings. The van der Waals surface area contributed by atoms with E-state index in [0.29, 0.717) is 24.8 Å². The summed E-state index contributed by atoms with van der Waals surface area (Å²) in [4.78, 5) is 22.4. The molecule has 0 aromatic carbocycles. The Kier molecular flexibility index (Phi) is 4.43. The molecule has 2 aliphatic rings. The lowest BCUT2D eigenvalue weighted by Gasteiger charge is -2.22. The number of ether oxygens (including phenoxy) is 1. The predicted molar refractivity (Wildman–Crippen MR) is 90.8 cm³/mol. The summed E-state index contributed by atoms with van der Waals surface area (Å²) in [5.41, 5.74) is 2.27. The lowest BCUT2D eigenvalue weighted by Crippen LogP contribution is -2.37. The first-order valence-electron chi connectivity index (χ1n) is 7.83. The monoisotopic (exact) mass is 349 g/mol. The third kappa shape index (κ3) is 3.33. The average Bonchev–Trinajstić information content (AvgIpc) is 3.28. The van der Waals surface area contributed by atoms with E-state index in [2.05, 4.69) is 27.4 Å². The molecule has 2 aliphatic heterocycles. The van der Waals surface area contributed by atoms with Gasteiger partial charge < -0.3 is 9.64 Å². The highest BCUT2D eigenvalue weighted by Gasteiger charge is 2.37. The number of nitrogens with zero attached hydrogens (tertiary/aromatic N) is 3.